The minimum atomic E-state index is -0.465. The number of hydrogen-bond donors (Lipinski definition) is 2. The maximum atomic E-state index is 12.2. The molecule has 0 spiro atoms. The van der Waals surface area contributed by atoms with E-state index in [1.165, 1.54) is 0 Å². The summed E-state index contributed by atoms with van der Waals surface area (Å²) in [7, 11) is 0. The Balaban J connectivity index is 2.69. The summed E-state index contributed by atoms with van der Waals surface area (Å²) < 4.78 is 0. The molecule has 6 heteroatoms. The molecule has 21 heavy (non-hydrogen) atoms. The number of rotatable bonds is 5. The number of hydrogen-bond acceptors (Lipinski definition) is 4. The molecule has 1 fully saturated rings. The molecule has 0 aromatic heterocycles. The van der Waals surface area contributed by atoms with Gasteiger partial charge in [0, 0.05) is 19.0 Å². The van der Waals surface area contributed by atoms with Gasteiger partial charge >= 0.3 is 6.03 Å². The molecular formula is C15H27N3O3. The Labute approximate surface area is 126 Å². The zero-order chi connectivity index (χ0) is 15.8. The second kappa shape index (κ2) is 8.77. The lowest BCUT2D eigenvalue weighted by Crippen LogP contribution is -2.52. The van der Waals surface area contributed by atoms with Crippen molar-refractivity contribution in [1.29, 1.82) is 0 Å². The molecule has 2 N–H and O–H groups in total. The standard InChI is InChI=1S/C15H27N3O3/c1-4-16-15(21)17-14(20)12(3)18-9-7-5-6-8-13(18)10-11(2)19/h12-13H,4-10H2,1-3H3,(H2,16,17,20,21). The van der Waals surface area contributed by atoms with E-state index in [0.717, 1.165) is 32.2 Å². The van der Waals surface area contributed by atoms with Gasteiger partial charge in [-0.3, -0.25) is 19.8 Å². The number of likely N-dealkylation sites (tertiary alicyclic amines) is 1. The number of ketones is 1. The van der Waals surface area contributed by atoms with Gasteiger partial charge in [0.2, 0.25) is 5.91 Å². The van der Waals surface area contributed by atoms with Crippen LogP contribution in [0.1, 0.15) is 52.9 Å². The Kier molecular flexibility index (Phi) is 7.36. The highest BCUT2D eigenvalue weighted by molar-refractivity contribution is 5.96. The lowest BCUT2D eigenvalue weighted by molar-refractivity contribution is -0.127. The average Bonchev–Trinajstić information content (AvgIpc) is 2.62. The second-order valence-electron chi connectivity index (χ2n) is 5.67. The van der Waals surface area contributed by atoms with Gasteiger partial charge in [-0.15, -0.1) is 0 Å². The van der Waals surface area contributed by atoms with Crippen LogP contribution >= 0.6 is 0 Å². The maximum Gasteiger partial charge on any atom is 0.321 e. The van der Waals surface area contributed by atoms with E-state index in [0.29, 0.717) is 13.0 Å². The zero-order valence-corrected chi connectivity index (χ0v) is 13.3. The van der Waals surface area contributed by atoms with E-state index in [4.69, 9.17) is 0 Å². The lowest BCUT2D eigenvalue weighted by atomic mass is 10.0. The topological polar surface area (TPSA) is 78.5 Å². The molecule has 2 atom stereocenters. The van der Waals surface area contributed by atoms with Gasteiger partial charge in [-0.25, -0.2) is 4.79 Å². The first-order valence-corrected chi connectivity index (χ1v) is 7.79. The van der Waals surface area contributed by atoms with Crippen LogP contribution in [0.2, 0.25) is 0 Å². The number of carbonyl (C=O) groups is 3. The number of nitrogens with one attached hydrogen (secondary N) is 2. The van der Waals surface area contributed by atoms with Crippen molar-refractivity contribution in [3.05, 3.63) is 0 Å². The molecular weight excluding hydrogens is 270 g/mol. The molecule has 6 nitrogen and oxygen atoms in total. The van der Waals surface area contributed by atoms with E-state index in [9.17, 15) is 14.4 Å². The summed E-state index contributed by atoms with van der Waals surface area (Å²) >= 11 is 0. The Hall–Kier alpha value is -1.43. The van der Waals surface area contributed by atoms with E-state index in [-0.39, 0.29) is 17.7 Å². The van der Waals surface area contributed by atoms with Crippen LogP contribution in [0.25, 0.3) is 0 Å². The molecule has 2 unspecified atom stereocenters. The highest BCUT2D eigenvalue weighted by Crippen LogP contribution is 2.22. The average molecular weight is 297 g/mol. The minimum absolute atomic E-state index is 0.0972. The number of amides is 3. The van der Waals surface area contributed by atoms with E-state index < -0.39 is 12.1 Å². The first-order valence-electron chi connectivity index (χ1n) is 7.79. The molecule has 1 rings (SSSR count). The fourth-order valence-electron chi connectivity index (χ4n) is 2.83. The summed E-state index contributed by atoms with van der Waals surface area (Å²) in [5.41, 5.74) is 0. The molecule has 0 aromatic rings. The Morgan fingerprint density at radius 1 is 1.24 bits per heavy atom. The molecule has 1 aliphatic heterocycles. The molecule has 1 saturated heterocycles. The van der Waals surface area contributed by atoms with Crippen LogP contribution in [0, 0.1) is 0 Å². The Bertz CT molecular complexity index is 384. The van der Waals surface area contributed by atoms with Gasteiger partial charge in [0.1, 0.15) is 5.78 Å². The Morgan fingerprint density at radius 3 is 2.57 bits per heavy atom. The third-order valence-electron chi connectivity index (χ3n) is 3.90. The highest BCUT2D eigenvalue weighted by atomic mass is 16.2. The SMILES string of the molecule is CCNC(=O)NC(=O)C(C)N1CCCCCC1CC(C)=O. The lowest BCUT2D eigenvalue weighted by Gasteiger charge is -2.33. The van der Waals surface area contributed by atoms with Crippen LogP contribution in [0.15, 0.2) is 0 Å². The van der Waals surface area contributed by atoms with Crippen LogP contribution in [0.4, 0.5) is 4.79 Å². The normalized spacial score (nSPS) is 21.2. The van der Waals surface area contributed by atoms with Crippen molar-refractivity contribution in [1.82, 2.24) is 15.5 Å². The molecule has 3 amide bonds. The minimum Gasteiger partial charge on any atom is -0.338 e. The summed E-state index contributed by atoms with van der Waals surface area (Å²) in [5.74, 6) is -0.167. The van der Waals surface area contributed by atoms with Gasteiger partial charge in [0.25, 0.3) is 0 Å². The number of Topliss-reactive ketones (excluding diaryl/α,β-unsaturated/α-hetero) is 1. The second-order valence-corrected chi connectivity index (χ2v) is 5.67. The van der Waals surface area contributed by atoms with Crippen molar-refractivity contribution in [2.75, 3.05) is 13.1 Å². The first-order chi connectivity index (χ1) is 9.95. The fourth-order valence-corrected chi connectivity index (χ4v) is 2.83. The predicted molar refractivity (Wildman–Crippen MR) is 80.9 cm³/mol. The summed E-state index contributed by atoms with van der Waals surface area (Å²) in [6.07, 6.45) is 4.62. The molecule has 1 aliphatic rings. The molecule has 120 valence electrons. The summed E-state index contributed by atoms with van der Waals surface area (Å²) in [6.45, 7) is 6.45. The van der Waals surface area contributed by atoms with E-state index in [1.807, 2.05) is 0 Å². The number of carbonyl (C=O) groups excluding carboxylic acids is 3. The molecule has 0 aromatic carbocycles. The molecule has 0 saturated carbocycles. The van der Waals surface area contributed by atoms with Crippen molar-refractivity contribution < 1.29 is 14.4 Å². The number of nitrogens with zero attached hydrogens (tertiary/aromatic N) is 1. The van der Waals surface area contributed by atoms with Crippen molar-refractivity contribution in [3.8, 4) is 0 Å². The Morgan fingerprint density at radius 2 is 1.95 bits per heavy atom. The van der Waals surface area contributed by atoms with Crippen molar-refractivity contribution >= 4 is 17.7 Å². The predicted octanol–water partition coefficient (Wildman–Crippen LogP) is 1.44. The molecule has 0 bridgehead atoms. The maximum absolute atomic E-state index is 12.2. The van der Waals surface area contributed by atoms with Gasteiger partial charge < -0.3 is 5.32 Å². The van der Waals surface area contributed by atoms with Gasteiger partial charge in [-0.05, 0) is 40.2 Å². The highest BCUT2D eigenvalue weighted by Gasteiger charge is 2.30. The van der Waals surface area contributed by atoms with Gasteiger partial charge in [0.05, 0.1) is 6.04 Å². The fraction of sp³-hybridized carbons (Fsp3) is 0.800. The van der Waals surface area contributed by atoms with Gasteiger partial charge in [-0.1, -0.05) is 12.8 Å². The monoisotopic (exact) mass is 297 g/mol. The van der Waals surface area contributed by atoms with Crippen LogP contribution in [0.3, 0.4) is 0 Å². The third kappa shape index (κ3) is 5.83. The zero-order valence-electron chi connectivity index (χ0n) is 13.3. The summed E-state index contributed by atoms with van der Waals surface area (Å²) in [6, 6.07) is -0.776. The largest absolute Gasteiger partial charge is 0.338 e. The van der Waals surface area contributed by atoms with Gasteiger partial charge in [0.15, 0.2) is 0 Å². The molecule has 1 heterocycles. The number of urea groups is 1. The van der Waals surface area contributed by atoms with Crippen molar-refractivity contribution in [2.24, 2.45) is 0 Å². The van der Waals surface area contributed by atoms with Crippen molar-refractivity contribution in [2.45, 2.75) is 65.0 Å². The first kappa shape index (κ1) is 17.6. The number of imide groups is 1. The smallest absolute Gasteiger partial charge is 0.321 e. The van der Waals surface area contributed by atoms with Crippen LogP contribution in [-0.4, -0.2) is 47.8 Å². The van der Waals surface area contributed by atoms with E-state index in [2.05, 4.69) is 15.5 Å². The van der Waals surface area contributed by atoms with E-state index in [1.54, 1.807) is 20.8 Å². The molecule has 0 aliphatic carbocycles. The quantitative estimate of drug-likeness (QED) is 0.805. The van der Waals surface area contributed by atoms with E-state index >= 15 is 0 Å². The summed E-state index contributed by atoms with van der Waals surface area (Å²) in [5, 5.41) is 4.90. The van der Waals surface area contributed by atoms with Crippen LogP contribution in [-0.2, 0) is 9.59 Å². The summed E-state index contributed by atoms with van der Waals surface area (Å²) in [4.78, 5) is 37.1. The third-order valence-corrected chi connectivity index (χ3v) is 3.90. The van der Waals surface area contributed by atoms with Crippen molar-refractivity contribution in [3.63, 3.8) is 0 Å². The van der Waals surface area contributed by atoms with Crippen LogP contribution in [0.5, 0.6) is 0 Å². The molecule has 0 radical (unpaired) electrons. The van der Waals surface area contributed by atoms with Gasteiger partial charge in [-0.2, -0.15) is 0 Å². The van der Waals surface area contributed by atoms with Crippen LogP contribution < -0.4 is 10.6 Å².